The lowest BCUT2D eigenvalue weighted by atomic mass is 10.1. The summed E-state index contributed by atoms with van der Waals surface area (Å²) in [4.78, 5) is 19.9. The lowest BCUT2D eigenvalue weighted by Crippen LogP contribution is -2.40. The minimum Gasteiger partial charge on any atom is -0.495 e. The van der Waals surface area contributed by atoms with Crippen molar-refractivity contribution < 1.29 is 14.2 Å². The molecular weight excluding hydrogens is 440 g/mol. The number of ether oxygens (including phenoxy) is 3. The van der Waals surface area contributed by atoms with Gasteiger partial charge in [-0.25, -0.2) is 0 Å². The summed E-state index contributed by atoms with van der Waals surface area (Å²) in [5, 5.41) is 4.61. The largest absolute Gasteiger partial charge is 0.495 e. The van der Waals surface area contributed by atoms with Gasteiger partial charge >= 0.3 is 0 Å². The van der Waals surface area contributed by atoms with E-state index < -0.39 is 0 Å². The molecule has 0 aliphatic rings. The third-order valence-electron chi connectivity index (χ3n) is 5.24. The average Bonchev–Trinajstić information content (AvgIpc) is 2.81. The molecule has 3 rings (SSSR count). The second-order valence-corrected chi connectivity index (χ2v) is 8.16. The molecule has 0 fully saturated rings. The fraction of sp³-hybridized carbons (Fsp3) is 0.333. The molecule has 1 aromatic heterocycles. The minimum atomic E-state index is -0.176. The van der Waals surface area contributed by atoms with Crippen LogP contribution < -0.4 is 25.1 Å². The van der Waals surface area contributed by atoms with E-state index in [4.69, 9.17) is 26.4 Å². The van der Waals surface area contributed by atoms with Crippen LogP contribution in [0.4, 0.5) is 5.69 Å². The molecule has 1 heterocycles. The predicted octanol–water partition coefficient (Wildman–Crippen LogP) is 3.31. The van der Waals surface area contributed by atoms with Crippen LogP contribution in [0.3, 0.4) is 0 Å². The Bertz CT molecular complexity index is 1180. The van der Waals surface area contributed by atoms with Crippen molar-refractivity contribution in [3.63, 3.8) is 0 Å². The van der Waals surface area contributed by atoms with Gasteiger partial charge in [-0.05, 0) is 50.6 Å². The quantitative estimate of drug-likeness (QED) is 0.461. The zero-order chi connectivity index (χ0) is 24.0. The molecular formula is C24H30N4O4S. The molecule has 0 bridgehead atoms. The molecule has 0 atom stereocenters. The molecule has 8 nitrogen and oxygen atoms in total. The summed E-state index contributed by atoms with van der Waals surface area (Å²) in [7, 11) is 8.76. The summed E-state index contributed by atoms with van der Waals surface area (Å²) in [6.45, 7) is 1.75. The lowest BCUT2D eigenvalue weighted by molar-refractivity contribution is 0.327. The highest BCUT2D eigenvalue weighted by Crippen LogP contribution is 2.31. The van der Waals surface area contributed by atoms with Gasteiger partial charge in [-0.1, -0.05) is 12.1 Å². The van der Waals surface area contributed by atoms with Gasteiger partial charge in [0.25, 0.3) is 5.56 Å². The van der Waals surface area contributed by atoms with E-state index in [9.17, 15) is 4.79 Å². The first-order valence-corrected chi connectivity index (χ1v) is 10.9. The number of H-pyrrole nitrogens is 1. The molecule has 0 radical (unpaired) electrons. The Morgan fingerprint density at radius 2 is 1.64 bits per heavy atom. The topological polar surface area (TPSA) is 79.1 Å². The third kappa shape index (κ3) is 5.94. The molecule has 33 heavy (non-hydrogen) atoms. The Hall–Kier alpha value is -3.30. The summed E-state index contributed by atoms with van der Waals surface area (Å²) in [6.07, 6.45) is 0. The normalized spacial score (nSPS) is 10.8. The van der Waals surface area contributed by atoms with E-state index in [1.807, 2.05) is 55.4 Å². The number of thiocarbonyl (C=S) groups is 1. The van der Waals surface area contributed by atoms with Crippen LogP contribution in [-0.2, 0) is 6.54 Å². The van der Waals surface area contributed by atoms with Crippen LogP contribution in [0.2, 0.25) is 0 Å². The second kappa shape index (κ2) is 11.0. The molecule has 176 valence electrons. The molecule has 0 unspecified atom stereocenters. The highest BCUT2D eigenvalue weighted by atomic mass is 32.1. The van der Waals surface area contributed by atoms with Crippen molar-refractivity contribution in [2.75, 3.05) is 53.8 Å². The van der Waals surface area contributed by atoms with E-state index >= 15 is 0 Å². The molecule has 3 aromatic rings. The zero-order valence-corrected chi connectivity index (χ0v) is 20.4. The molecule has 0 amide bonds. The van der Waals surface area contributed by atoms with Gasteiger partial charge < -0.3 is 34.3 Å². The number of fused-ring (bicyclic) bond motifs is 1. The molecule has 0 saturated carbocycles. The number of aromatic nitrogens is 1. The Kier molecular flexibility index (Phi) is 8.13. The summed E-state index contributed by atoms with van der Waals surface area (Å²) < 4.78 is 16.2. The third-order valence-corrected chi connectivity index (χ3v) is 5.60. The number of aromatic amines is 1. The Morgan fingerprint density at radius 1 is 0.970 bits per heavy atom. The van der Waals surface area contributed by atoms with Crippen LogP contribution in [-0.4, -0.2) is 68.4 Å². The van der Waals surface area contributed by atoms with E-state index in [0.717, 1.165) is 17.6 Å². The molecule has 0 spiro atoms. The maximum absolute atomic E-state index is 12.9. The first kappa shape index (κ1) is 24.3. The number of hydrogen-bond acceptors (Lipinski definition) is 6. The number of pyridine rings is 1. The summed E-state index contributed by atoms with van der Waals surface area (Å²) in [5.41, 5.74) is 1.86. The molecule has 9 heteroatoms. The van der Waals surface area contributed by atoms with Gasteiger partial charge in [0.1, 0.15) is 5.75 Å². The van der Waals surface area contributed by atoms with Gasteiger partial charge in [0.2, 0.25) is 0 Å². The highest BCUT2D eigenvalue weighted by molar-refractivity contribution is 7.80. The van der Waals surface area contributed by atoms with Crippen molar-refractivity contribution in [3.05, 3.63) is 58.4 Å². The van der Waals surface area contributed by atoms with E-state index in [1.165, 1.54) is 0 Å². The smallest absolute Gasteiger partial charge is 0.253 e. The van der Waals surface area contributed by atoms with Crippen molar-refractivity contribution in [1.82, 2.24) is 14.8 Å². The Labute approximate surface area is 199 Å². The van der Waals surface area contributed by atoms with Crippen molar-refractivity contribution in [1.29, 1.82) is 0 Å². The number of nitrogens with one attached hydrogen (secondary N) is 2. The van der Waals surface area contributed by atoms with Crippen LogP contribution >= 0.6 is 12.2 Å². The van der Waals surface area contributed by atoms with Gasteiger partial charge in [-0.15, -0.1) is 0 Å². The lowest BCUT2D eigenvalue weighted by Gasteiger charge is -2.27. The fourth-order valence-electron chi connectivity index (χ4n) is 3.42. The van der Waals surface area contributed by atoms with Gasteiger partial charge in [0, 0.05) is 30.1 Å². The van der Waals surface area contributed by atoms with Crippen molar-refractivity contribution in [2.24, 2.45) is 0 Å². The van der Waals surface area contributed by atoms with Gasteiger partial charge in [0.05, 0.1) is 39.1 Å². The molecule has 0 aliphatic heterocycles. The molecule has 0 aliphatic carbocycles. The first-order valence-electron chi connectivity index (χ1n) is 10.5. The van der Waals surface area contributed by atoms with Crippen molar-refractivity contribution in [2.45, 2.75) is 6.54 Å². The summed E-state index contributed by atoms with van der Waals surface area (Å²) in [6, 6.07) is 13.1. The SMILES string of the molecule is COc1ccccc1NC(=S)N(CCN(C)C)Cc1cc2cc(OC)c(OC)cc2[nH]c1=O. The van der Waals surface area contributed by atoms with Crippen LogP contribution in [0.1, 0.15) is 5.56 Å². The van der Waals surface area contributed by atoms with Crippen molar-refractivity contribution in [3.8, 4) is 17.2 Å². The number of hydrogen-bond donors (Lipinski definition) is 2. The van der Waals surface area contributed by atoms with Gasteiger partial charge in [-0.3, -0.25) is 4.79 Å². The minimum absolute atomic E-state index is 0.176. The van der Waals surface area contributed by atoms with Gasteiger partial charge in [-0.2, -0.15) is 0 Å². The van der Waals surface area contributed by atoms with Crippen LogP contribution in [0.15, 0.2) is 47.3 Å². The number of nitrogens with zero attached hydrogens (tertiary/aromatic N) is 2. The Morgan fingerprint density at radius 3 is 2.30 bits per heavy atom. The standard InChI is InChI=1S/C24H30N4O4S/c1-27(2)10-11-28(24(33)26-18-8-6-7-9-20(18)30-3)15-17-12-16-13-21(31-4)22(32-5)14-19(16)25-23(17)29/h6-9,12-14H,10-11,15H2,1-5H3,(H,25,29)(H,26,33). The maximum atomic E-state index is 12.9. The van der Waals surface area contributed by atoms with Gasteiger partial charge in [0.15, 0.2) is 16.6 Å². The summed E-state index contributed by atoms with van der Waals surface area (Å²) >= 11 is 5.72. The first-order chi connectivity index (χ1) is 15.9. The molecule has 2 N–H and O–H groups in total. The number of rotatable bonds is 9. The van der Waals surface area contributed by atoms with Crippen LogP contribution in [0.5, 0.6) is 17.2 Å². The number of likely N-dealkylation sites (N-methyl/N-ethyl adjacent to an activating group) is 1. The number of para-hydroxylation sites is 2. The van der Waals surface area contributed by atoms with Crippen LogP contribution in [0.25, 0.3) is 10.9 Å². The highest BCUT2D eigenvalue weighted by Gasteiger charge is 2.16. The maximum Gasteiger partial charge on any atom is 0.253 e. The summed E-state index contributed by atoms with van der Waals surface area (Å²) in [5.74, 6) is 1.85. The van der Waals surface area contributed by atoms with Crippen LogP contribution in [0, 0.1) is 0 Å². The van der Waals surface area contributed by atoms with E-state index in [0.29, 0.717) is 46.5 Å². The van der Waals surface area contributed by atoms with E-state index in [1.54, 1.807) is 27.4 Å². The number of benzene rings is 2. The van der Waals surface area contributed by atoms with E-state index in [2.05, 4.69) is 15.2 Å². The second-order valence-electron chi connectivity index (χ2n) is 7.77. The predicted molar refractivity (Wildman–Crippen MR) is 136 cm³/mol. The fourth-order valence-corrected chi connectivity index (χ4v) is 3.68. The zero-order valence-electron chi connectivity index (χ0n) is 19.6. The molecule has 0 saturated heterocycles. The monoisotopic (exact) mass is 470 g/mol. The van der Waals surface area contributed by atoms with Crippen molar-refractivity contribution >= 4 is 33.9 Å². The molecule has 2 aromatic carbocycles. The Balaban J connectivity index is 1.92. The number of anilines is 1. The average molecular weight is 471 g/mol. The number of methoxy groups -OCH3 is 3. The van der Waals surface area contributed by atoms with E-state index in [-0.39, 0.29) is 5.56 Å².